The van der Waals surface area contributed by atoms with Crippen molar-refractivity contribution in [3.8, 4) is 0 Å². The minimum Gasteiger partial charge on any atom is -0.309 e. The molecule has 0 amide bonds. The maximum absolute atomic E-state index is 3.62. The van der Waals surface area contributed by atoms with E-state index in [-0.39, 0.29) is 6.04 Å². The molecule has 0 bridgehead atoms. The fourth-order valence-corrected chi connectivity index (χ4v) is 3.11. The first-order valence-electron chi connectivity index (χ1n) is 5.49. The van der Waals surface area contributed by atoms with E-state index in [9.17, 15) is 0 Å². The van der Waals surface area contributed by atoms with Crippen LogP contribution in [0.3, 0.4) is 0 Å². The lowest BCUT2D eigenvalue weighted by molar-refractivity contribution is 0.688. The smallest absolute Gasteiger partial charge is 0.0585 e. The van der Waals surface area contributed by atoms with Gasteiger partial charge in [-0.3, -0.25) is 0 Å². The van der Waals surface area contributed by atoms with Crippen LogP contribution in [-0.4, -0.2) is 7.05 Å². The predicted molar refractivity (Wildman–Crippen MR) is 91.9 cm³/mol. The molecule has 1 N–H and O–H groups in total. The lowest BCUT2D eigenvalue weighted by Crippen LogP contribution is -2.18. The maximum atomic E-state index is 3.62. The Kier molecular flexibility index (Phi) is 5.24. The maximum Gasteiger partial charge on any atom is 0.0585 e. The summed E-state index contributed by atoms with van der Waals surface area (Å²) >= 11 is 9.47. The summed E-state index contributed by atoms with van der Waals surface area (Å²) < 4.78 is 3.45. The van der Waals surface area contributed by atoms with Crippen LogP contribution in [0.1, 0.15) is 17.2 Å². The van der Waals surface area contributed by atoms with Crippen LogP contribution in [-0.2, 0) is 0 Å². The average Bonchev–Trinajstić information content (AvgIpc) is 2.37. The van der Waals surface area contributed by atoms with Gasteiger partial charge in [0.05, 0.1) is 6.04 Å². The van der Waals surface area contributed by atoms with Crippen LogP contribution in [0, 0.1) is 3.57 Å². The molecule has 94 valence electrons. The average molecular weight is 481 g/mol. The molecule has 0 heterocycles. The van der Waals surface area contributed by atoms with Crippen molar-refractivity contribution in [3.63, 3.8) is 0 Å². The summed E-state index contributed by atoms with van der Waals surface area (Å²) in [5.41, 5.74) is 2.49. The molecule has 2 aromatic carbocycles. The van der Waals surface area contributed by atoms with Gasteiger partial charge < -0.3 is 5.32 Å². The van der Waals surface area contributed by atoms with Crippen molar-refractivity contribution in [3.05, 3.63) is 66.1 Å². The van der Waals surface area contributed by atoms with E-state index < -0.39 is 0 Å². The molecule has 0 radical (unpaired) electrons. The number of hydrogen-bond acceptors (Lipinski definition) is 1. The third kappa shape index (κ3) is 3.35. The van der Waals surface area contributed by atoms with E-state index in [2.05, 4.69) is 96.2 Å². The lowest BCUT2D eigenvalue weighted by atomic mass is 9.99. The third-order valence-corrected chi connectivity index (χ3v) is 4.70. The van der Waals surface area contributed by atoms with Gasteiger partial charge in [-0.05, 0) is 71.1 Å². The van der Waals surface area contributed by atoms with E-state index in [0.717, 1.165) is 8.95 Å². The molecule has 1 atom stereocenters. The van der Waals surface area contributed by atoms with Crippen molar-refractivity contribution >= 4 is 54.5 Å². The first-order valence-corrected chi connectivity index (χ1v) is 8.16. The van der Waals surface area contributed by atoms with Gasteiger partial charge >= 0.3 is 0 Å². The van der Waals surface area contributed by atoms with Crippen molar-refractivity contribution in [2.45, 2.75) is 6.04 Å². The zero-order valence-electron chi connectivity index (χ0n) is 9.75. The van der Waals surface area contributed by atoms with Crippen LogP contribution < -0.4 is 5.32 Å². The Morgan fingerprint density at radius 1 is 1.06 bits per heavy atom. The molecule has 0 aliphatic rings. The standard InChI is InChI=1S/C14H12Br2IN/c1-18-14(9-2-5-11(17)6-3-9)12-8-10(15)4-7-13(12)16/h2-8,14,18H,1H3. The Bertz CT molecular complexity index is 540. The van der Waals surface area contributed by atoms with Gasteiger partial charge in [-0.25, -0.2) is 0 Å². The summed E-state index contributed by atoms with van der Waals surface area (Å²) in [5.74, 6) is 0. The van der Waals surface area contributed by atoms with Crippen LogP contribution in [0.2, 0.25) is 0 Å². The van der Waals surface area contributed by atoms with E-state index in [1.165, 1.54) is 14.7 Å². The molecular formula is C14H12Br2IN. The Morgan fingerprint density at radius 2 is 1.72 bits per heavy atom. The predicted octanol–water partition coefficient (Wildman–Crippen LogP) is 5.13. The first-order chi connectivity index (χ1) is 8.61. The monoisotopic (exact) mass is 479 g/mol. The largest absolute Gasteiger partial charge is 0.309 e. The van der Waals surface area contributed by atoms with Gasteiger partial charge in [-0.2, -0.15) is 0 Å². The van der Waals surface area contributed by atoms with Gasteiger partial charge in [0.15, 0.2) is 0 Å². The SMILES string of the molecule is CNC(c1ccc(I)cc1)c1cc(Br)ccc1Br. The molecule has 2 rings (SSSR count). The van der Waals surface area contributed by atoms with Gasteiger partial charge in [-0.1, -0.05) is 44.0 Å². The molecule has 18 heavy (non-hydrogen) atoms. The van der Waals surface area contributed by atoms with Gasteiger partial charge in [-0.15, -0.1) is 0 Å². The zero-order valence-corrected chi connectivity index (χ0v) is 15.1. The van der Waals surface area contributed by atoms with Crippen LogP contribution in [0.15, 0.2) is 51.4 Å². The highest BCUT2D eigenvalue weighted by molar-refractivity contribution is 14.1. The number of halogens is 3. The van der Waals surface area contributed by atoms with Gasteiger partial charge in [0.2, 0.25) is 0 Å². The van der Waals surface area contributed by atoms with Crippen LogP contribution in [0.5, 0.6) is 0 Å². The summed E-state index contributed by atoms with van der Waals surface area (Å²) in [7, 11) is 1.98. The molecule has 0 spiro atoms. The normalized spacial score (nSPS) is 12.4. The molecule has 0 saturated carbocycles. The van der Waals surface area contributed by atoms with Crippen LogP contribution in [0.4, 0.5) is 0 Å². The van der Waals surface area contributed by atoms with E-state index >= 15 is 0 Å². The minimum absolute atomic E-state index is 0.189. The highest BCUT2D eigenvalue weighted by Gasteiger charge is 2.15. The van der Waals surface area contributed by atoms with Gasteiger partial charge in [0.25, 0.3) is 0 Å². The molecule has 0 aromatic heterocycles. The number of rotatable bonds is 3. The Morgan fingerprint density at radius 3 is 2.33 bits per heavy atom. The van der Waals surface area contributed by atoms with E-state index in [4.69, 9.17) is 0 Å². The molecule has 0 saturated heterocycles. The third-order valence-electron chi connectivity index (χ3n) is 2.76. The summed E-state index contributed by atoms with van der Waals surface area (Å²) in [5, 5.41) is 3.37. The molecular weight excluding hydrogens is 469 g/mol. The Balaban J connectivity index is 2.44. The van der Waals surface area contributed by atoms with E-state index in [0.29, 0.717) is 0 Å². The summed E-state index contributed by atoms with van der Waals surface area (Å²) in [4.78, 5) is 0. The second kappa shape index (κ2) is 6.50. The molecule has 4 heteroatoms. The number of hydrogen-bond donors (Lipinski definition) is 1. The molecule has 0 aliphatic heterocycles. The quantitative estimate of drug-likeness (QED) is 0.601. The van der Waals surface area contributed by atoms with E-state index in [1.54, 1.807) is 0 Å². The second-order valence-corrected chi connectivity index (χ2v) is 6.95. The van der Waals surface area contributed by atoms with Crippen molar-refractivity contribution in [2.75, 3.05) is 7.05 Å². The lowest BCUT2D eigenvalue weighted by Gasteiger charge is -2.19. The zero-order chi connectivity index (χ0) is 13.1. The van der Waals surface area contributed by atoms with E-state index in [1.807, 2.05) is 13.1 Å². The second-order valence-electron chi connectivity index (χ2n) is 3.94. The fraction of sp³-hybridized carbons (Fsp3) is 0.143. The first kappa shape index (κ1) is 14.5. The number of benzene rings is 2. The van der Waals surface area contributed by atoms with Crippen molar-refractivity contribution in [1.29, 1.82) is 0 Å². The Hall–Kier alpha value is 0.0900. The summed E-state index contributed by atoms with van der Waals surface area (Å²) in [6.07, 6.45) is 0. The summed E-state index contributed by atoms with van der Waals surface area (Å²) in [6.45, 7) is 0. The highest BCUT2D eigenvalue weighted by atomic mass is 127. The summed E-state index contributed by atoms with van der Waals surface area (Å²) in [6, 6.07) is 15.0. The molecule has 2 aromatic rings. The van der Waals surface area contributed by atoms with Gasteiger partial charge in [0, 0.05) is 12.5 Å². The van der Waals surface area contributed by atoms with Gasteiger partial charge in [0.1, 0.15) is 0 Å². The molecule has 1 nitrogen and oxygen atoms in total. The van der Waals surface area contributed by atoms with Crippen LogP contribution in [0.25, 0.3) is 0 Å². The molecule has 0 fully saturated rings. The topological polar surface area (TPSA) is 12.0 Å². The fourth-order valence-electron chi connectivity index (χ4n) is 1.89. The van der Waals surface area contributed by atoms with Crippen LogP contribution >= 0.6 is 54.5 Å². The minimum atomic E-state index is 0.189. The Labute approximate surface area is 138 Å². The molecule has 0 aliphatic carbocycles. The highest BCUT2D eigenvalue weighted by Crippen LogP contribution is 2.31. The van der Waals surface area contributed by atoms with Crippen molar-refractivity contribution in [2.24, 2.45) is 0 Å². The van der Waals surface area contributed by atoms with Crippen molar-refractivity contribution in [1.82, 2.24) is 5.32 Å². The van der Waals surface area contributed by atoms with Crippen molar-refractivity contribution < 1.29 is 0 Å². The number of nitrogens with one attached hydrogen (secondary N) is 1. The molecule has 1 unspecified atom stereocenters.